The fourth-order valence-corrected chi connectivity index (χ4v) is 2.21. The van der Waals surface area contributed by atoms with Gasteiger partial charge in [0.05, 0.1) is 18.8 Å². The monoisotopic (exact) mass is 251 g/mol. The minimum Gasteiger partial charge on any atom is -0.488 e. The molecule has 0 fully saturated rings. The molecule has 3 N–H and O–H groups in total. The van der Waals surface area contributed by atoms with E-state index in [1.54, 1.807) is 0 Å². The molecule has 0 aliphatic carbocycles. The van der Waals surface area contributed by atoms with Gasteiger partial charge in [0.1, 0.15) is 11.9 Å². The third kappa shape index (κ3) is 2.66. The molecule has 0 saturated heterocycles. The maximum atomic E-state index is 9.36. The Kier molecular flexibility index (Phi) is 4.22. The lowest BCUT2D eigenvalue weighted by molar-refractivity contribution is 0.0776. The first-order valence-corrected chi connectivity index (χ1v) is 6.44. The van der Waals surface area contributed by atoms with Gasteiger partial charge in [-0.1, -0.05) is 25.1 Å². The molecule has 0 amide bonds. The van der Waals surface area contributed by atoms with E-state index < -0.39 is 5.54 Å². The van der Waals surface area contributed by atoms with Crippen LogP contribution in [0, 0.1) is 0 Å². The van der Waals surface area contributed by atoms with E-state index in [9.17, 15) is 10.2 Å². The second-order valence-corrected chi connectivity index (χ2v) is 4.88. The van der Waals surface area contributed by atoms with Crippen molar-refractivity contribution in [1.29, 1.82) is 0 Å². The molecule has 1 aliphatic heterocycles. The van der Waals surface area contributed by atoms with Crippen LogP contribution < -0.4 is 10.1 Å². The van der Waals surface area contributed by atoms with Crippen molar-refractivity contribution < 1.29 is 14.9 Å². The second-order valence-electron chi connectivity index (χ2n) is 4.88. The van der Waals surface area contributed by atoms with Gasteiger partial charge in [-0.3, -0.25) is 0 Å². The van der Waals surface area contributed by atoms with Gasteiger partial charge in [-0.05, 0) is 18.1 Å². The summed E-state index contributed by atoms with van der Waals surface area (Å²) in [5.41, 5.74) is 0.623. The van der Waals surface area contributed by atoms with Crippen molar-refractivity contribution in [3.05, 3.63) is 29.8 Å². The van der Waals surface area contributed by atoms with E-state index >= 15 is 0 Å². The van der Waals surface area contributed by atoms with Gasteiger partial charge in [0, 0.05) is 13.0 Å². The molecular formula is C14H21NO3. The molecule has 1 heterocycles. The summed E-state index contributed by atoms with van der Waals surface area (Å²) in [7, 11) is 0. The van der Waals surface area contributed by atoms with Crippen molar-refractivity contribution in [3.63, 3.8) is 0 Å². The Morgan fingerprint density at radius 2 is 2.06 bits per heavy atom. The highest BCUT2D eigenvalue weighted by atomic mass is 16.5. The normalized spacial score (nSPS) is 18.5. The van der Waals surface area contributed by atoms with E-state index in [4.69, 9.17) is 4.74 Å². The Morgan fingerprint density at radius 3 is 2.67 bits per heavy atom. The Morgan fingerprint density at radius 1 is 1.33 bits per heavy atom. The van der Waals surface area contributed by atoms with Crippen LogP contribution in [0.15, 0.2) is 24.3 Å². The fraction of sp³-hybridized carbons (Fsp3) is 0.571. The van der Waals surface area contributed by atoms with Crippen LogP contribution in [0.25, 0.3) is 0 Å². The van der Waals surface area contributed by atoms with Gasteiger partial charge in [-0.2, -0.15) is 0 Å². The molecule has 0 radical (unpaired) electrons. The fourth-order valence-electron chi connectivity index (χ4n) is 2.21. The molecule has 1 aromatic carbocycles. The molecule has 1 aliphatic rings. The van der Waals surface area contributed by atoms with Gasteiger partial charge >= 0.3 is 0 Å². The van der Waals surface area contributed by atoms with Gasteiger partial charge in [0.25, 0.3) is 0 Å². The van der Waals surface area contributed by atoms with Crippen LogP contribution in [0.5, 0.6) is 5.75 Å². The summed E-state index contributed by atoms with van der Waals surface area (Å²) in [6.07, 6.45) is 1.63. The SMILES string of the molecule is CCC(CO)(CO)NCC1Cc2ccccc2O1. The standard InChI is InChI=1S/C14H21NO3/c1-2-14(9-16,10-17)15-8-12-7-11-5-3-4-6-13(11)18-12/h3-6,12,15-17H,2,7-10H2,1H3. The molecule has 0 spiro atoms. The number of nitrogens with one attached hydrogen (secondary N) is 1. The highest BCUT2D eigenvalue weighted by molar-refractivity contribution is 5.37. The largest absolute Gasteiger partial charge is 0.488 e. The number of benzene rings is 1. The van der Waals surface area contributed by atoms with Crippen molar-refractivity contribution in [2.45, 2.75) is 31.4 Å². The predicted octanol–water partition coefficient (Wildman–Crippen LogP) is 0.713. The summed E-state index contributed by atoms with van der Waals surface area (Å²) in [5, 5.41) is 22.0. The third-order valence-electron chi connectivity index (χ3n) is 3.70. The van der Waals surface area contributed by atoms with Gasteiger partial charge in [0.15, 0.2) is 0 Å². The zero-order chi connectivity index (χ0) is 13.0. The average Bonchev–Trinajstić information content (AvgIpc) is 2.84. The van der Waals surface area contributed by atoms with E-state index in [0.29, 0.717) is 13.0 Å². The Bertz CT molecular complexity index is 357. The number of hydrogen-bond acceptors (Lipinski definition) is 4. The minimum absolute atomic E-state index is 0.0698. The van der Waals surface area contributed by atoms with Crippen LogP contribution in [0.4, 0.5) is 0 Å². The lowest BCUT2D eigenvalue weighted by Gasteiger charge is -2.31. The topological polar surface area (TPSA) is 61.7 Å². The Labute approximate surface area is 108 Å². The van der Waals surface area contributed by atoms with Gasteiger partial charge in [0.2, 0.25) is 0 Å². The minimum atomic E-state index is -0.599. The number of hydrogen-bond donors (Lipinski definition) is 3. The molecule has 4 heteroatoms. The van der Waals surface area contributed by atoms with Crippen molar-refractivity contribution >= 4 is 0 Å². The highest BCUT2D eigenvalue weighted by Crippen LogP contribution is 2.28. The first kappa shape index (κ1) is 13.3. The van der Waals surface area contributed by atoms with Crippen molar-refractivity contribution in [1.82, 2.24) is 5.32 Å². The summed E-state index contributed by atoms with van der Waals surface area (Å²) in [4.78, 5) is 0. The van der Waals surface area contributed by atoms with Gasteiger partial charge in [-0.25, -0.2) is 0 Å². The lowest BCUT2D eigenvalue weighted by atomic mass is 9.98. The summed E-state index contributed by atoms with van der Waals surface area (Å²) in [6, 6.07) is 8.02. The average molecular weight is 251 g/mol. The van der Waals surface area contributed by atoms with Crippen LogP contribution in [-0.2, 0) is 6.42 Å². The third-order valence-corrected chi connectivity index (χ3v) is 3.70. The first-order valence-electron chi connectivity index (χ1n) is 6.44. The molecule has 18 heavy (non-hydrogen) atoms. The van der Waals surface area contributed by atoms with Crippen LogP contribution in [0.2, 0.25) is 0 Å². The molecule has 0 bridgehead atoms. The molecule has 0 saturated carbocycles. The van der Waals surface area contributed by atoms with Crippen LogP contribution in [0.1, 0.15) is 18.9 Å². The second kappa shape index (κ2) is 5.69. The van der Waals surface area contributed by atoms with E-state index in [0.717, 1.165) is 12.2 Å². The molecule has 1 unspecified atom stereocenters. The number of para-hydroxylation sites is 1. The molecule has 2 rings (SSSR count). The van der Waals surface area contributed by atoms with Crippen LogP contribution in [-0.4, -0.2) is 41.6 Å². The number of fused-ring (bicyclic) bond motifs is 1. The van der Waals surface area contributed by atoms with E-state index in [1.165, 1.54) is 5.56 Å². The smallest absolute Gasteiger partial charge is 0.123 e. The number of rotatable bonds is 6. The van der Waals surface area contributed by atoms with Crippen molar-refractivity contribution in [3.8, 4) is 5.75 Å². The quantitative estimate of drug-likeness (QED) is 0.697. The lowest BCUT2D eigenvalue weighted by Crippen LogP contribution is -2.53. The summed E-state index contributed by atoms with van der Waals surface area (Å²) in [6.45, 7) is 2.44. The summed E-state index contributed by atoms with van der Waals surface area (Å²) >= 11 is 0. The van der Waals surface area contributed by atoms with Gasteiger partial charge in [-0.15, -0.1) is 0 Å². The molecule has 1 atom stereocenters. The number of ether oxygens (including phenoxy) is 1. The van der Waals surface area contributed by atoms with Crippen LogP contribution >= 0.6 is 0 Å². The predicted molar refractivity (Wildman–Crippen MR) is 69.8 cm³/mol. The molecule has 4 nitrogen and oxygen atoms in total. The maximum absolute atomic E-state index is 9.36. The van der Waals surface area contributed by atoms with E-state index in [2.05, 4.69) is 11.4 Å². The molecule has 1 aromatic rings. The first-order chi connectivity index (χ1) is 8.73. The summed E-state index contributed by atoms with van der Waals surface area (Å²) < 4.78 is 5.81. The van der Waals surface area contributed by atoms with Gasteiger partial charge < -0.3 is 20.3 Å². The molecule has 100 valence electrons. The van der Waals surface area contributed by atoms with Crippen molar-refractivity contribution in [2.24, 2.45) is 0 Å². The summed E-state index contributed by atoms with van der Waals surface area (Å²) in [5.74, 6) is 0.944. The molecule has 0 aromatic heterocycles. The maximum Gasteiger partial charge on any atom is 0.123 e. The zero-order valence-electron chi connectivity index (χ0n) is 10.7. The number of aliphatic hydroxyl groups is 2. The van der Waals surface area contributed by atoms with E-state index in [-0.39, 0.29) is 19.3 Å². The van der Waals surface area contributed by atoms with E-state index in [1.807, 2.05) is 25.1 Å². The Balaban J connectivity index is 1.90. The Hall–Kier alpha value is -1.10. The highest BCUT2D eigenvalue weighted by Gasteiger charge is 2.29. The zero-order valence-corrected chi connectivity index (χ0v) is 10.7. The molecular weight excluding hydrogens is 230 g/mol. The van der Waals surface area contributed by atoms with Crippen LogP contribution in [0.3, 0.4) is 0 Å². The number of aliphatic hydroxyl groups excluding tert-OH is 2. The van der Waals surface area contributed by atoms with Crippen molar-refractivity contribution in [2.75, 3.05) is 19.8 Å².